The highest BCUT2D eigenvalue weighted by Crippen LogP contribution is 2.25. The van der Waals surface area contributed by atoms with Crippen molar-refractivity contribution >= 4 is 33.4 Å². The van der Waals surface area contributed by atoms with Gasteiger partial charge in [-0.15, -0.1) is 0 Å². The van der Waals surface area contributed by atoms with Crippen LogP contribution in [0.1, 0.15) is 29.6 Å². The van der Waals surface area contributed by atoms with Crippen molar-refractivity contribution in [3.63, 3.8) is 0 Å². The number of aliphatic hydroxyl groups excluding tert-OH is 1. The molecule has 0 aromatic heterocycles. The van der Waals surface area contributed by atoms with E-state index < -0.39 is 0 Å². The highest BCUT2D eigenvalue weighted by atomic mass is 79.9. The third kappa shape index (κ3) is 3.46. The van der Waals surface area contributed by atoms with Gasteiger partial charge in [0.25, 0.3) is 5.91 Å². The SMILES string of the molecule is O=C(NCC1CCC(O)C1)c1cc(Cl)ccc1Br. The summed E-state index contributed by atoms with van der Waals surface area (Å²) in [6, 6.07) is 5.14. The number of halogens is 2. The summed E-state index contributed by atoms with van der Waals surface area (Å²) >= 11 is 9.21. The van der Waals surface area contributed by atoms with Gasteiger partial charge in [0.05, 0.1) is 11.7 Å². The van der Waals surface area contributed by atoms with E-state index in [2.05, 4.69) is 21.2 Å². The summed E-state index contributed by atoms with van der Waals surface area (Å²) in [7, 11) is 0. The fraction of sp³-hybridized carbons (Fsp3) is 0.462. The number of carbonyl (C=O) groups is 1. The lowest BCUT2D eigenvalue weighted by molar-refractivity contribution is 0.0944. The molecule has 2 unspecified atom stereocenters. The van der Waals surface area contributed by atoms with Crippen LogP contribution in [0.3, 0.4) is 0 Å². The summed E-state index contributed by atoms with van der Waals surface area (Å²) in [5, 5.41) is 12.9. The maximum absolute atomic E-state index is 12.0. The molecular weight excluding hydrogens is 318 g/mol. The fourth-order valence-corrected chi connectivity index (χ4v) is 2.84. The van der Waals surface area contributed by atoms with E-state index >= 15 is 0 Å². The van der Waals surface area contributed by atoms with Gasteiger partial charge in [0, 0.05) is 16.0 Å². The second-order valence-electron chi connectivity index (χ2n) is 4.67. The van der Waals surface area contributed by atoms with Crippen molar-refractivity contribution in [1.82, 2.24) is 5.32 Å². The third-order valence-electron chi connectivity index (χ3n) is 3.24. The Labute approximate surface area is 120 Å². The molecule has 2 atom stereocenters. The van der Waals surface area contributed by atoms with Crippen LogP contribution >= 0.6 is 27.5 Å². The van der Waals surface area contributed by atoms with E-state index in [0.29, 0.717) is 23.0 Å². The third-order valence-corrected chi connectivity index (χ3v) is 4.16. The van der Waals surface area contributed by atoms with Crippen molar-refractivity contribution in [3.05, 3.63) is 33.3 Å². The van der Waals surface area contributed by atoms with Gasteiger partial charge in [0.15, 0.2) is 0 Å². The van der Waals surface area contributed by atoms with E-state index in [-0.39, 0.29) is 12.0 Å². The predicted molar refractivity (Wildman–Crippen MR) is 74.8 cm³/mol. The Hall–Kier alpha value is -0.580. The number of rotatable bonds is 3. The maximum atomic E-state index is 12.0. The zero-order valence-electron chi connectivity index (χ0n) is 9.83. The van der Waals surface area contributed by atoms with Crippen LogP contribution in [0.5, 0.6) is 0 Å². The molecule has 0 aliphatic heterocycles. The van der Waals surface area contributed by atoms with Crippen LogP contribution in [0.15, 0.2) is 22.7 Å². The first-order valence-electron chi connectivity index (χ1n) is 5.97. The lowest BCUT2D eigenvalue weighted by Gasteiger charge is -2.11. The van der Waals surface area contributed by atoms with Gasteiger partial charge < -0.3 is 10.4 Å². The molecule has 1 fully saturated rings. The zero-order chi connectivity index (χ0) is 13.1. The minimum absolute atomic E-state index is 0.134. The molecule has 3 nitrogen and oxygen atoms in total. The molecular formula is C13H15BrClNO2. The summed E-state index contributed by atoms with van der Waals surface area (Å²) < 4.78 is 0.732. The Bertz CT molecular complexity index is 453. The van der Waals surface area contributed by atoms with Crippen molar-refractivity contribution in [2.24, 2.45) is 5.92 Å². The van der Waals surface area contributed by atoms with Crippen LogP contribution in [-0.4, -0.2) is 23.7 Å². The molecule has 18 heavy (non-hydrogen) atoms. The van der Waals surface area contributed by atoms with Gasteiger partial charge in [-0.1, -0.05) is 11.6 Å². The number of hydrogen-bond acceptors (Lipinski definition) is 2. The van der Waals surface area contributed by atoms with Gasteiger partial charge in [-0.2, -0.15) is 0 Å². The molecule has 98 valence electrons. The van der Waals surface area contributed by atoms with Crippen molar-refractivity contribution in [3.8, 4) is 0 Å². The Morgan fingerprint density at radius 3 is 2.94 bits per heavy atom. The van der Waals surface area contributed by atoms with Crippen molar-refractivity contribution < 1.29 is 9.90 Å². The van der Waals surface area contributed by atoms with Gasteiger partial charge in [-0.25, -0.2) is 0 Å². The second-order valence-corrected chi connectivity index (χ2v) is 5.96. The summed E-state index contributed by atoms with van der Waals surface area (Å²) in [6.45, 7) is 0.606. The number of nitrogens with one attached hydrogen (secondary N) is 1. The fourth-order valence-electron chi connectivity index (χ4n) is 2.24. The van der Waals surface area contributed by atoms with Gasteiger partial charge in [-0.3, -0.25) is 4.79 Å². The average molecular weight is 333 g/mol. The molecule has 1 saturated carbocycles. The Morgan fingerprint density at radius 2 is 2.28 bits per heavy atom. The predicted octanol–water partition coefficient (Wildman–Crippen LogP) is 2.99. The normalized spacial score (nSPS) is 23.1. The van der Waals surface area contributed by atoms with Crippen LogP contribution in [0.2, 0.25) is 5.02 Å². The second kappa shape index (κ2) is 6.04. The van der Waals surface area contributed by atoms with E-state index in [0.717, 1.165) is 23.7 Å². The lowest BCUT2D eigenvalue weighted by atomic mass is 10.1. The topological polar surface area (TPSA) is 49.3 Å². The van der Waals surface area contributed by atoms with Crippen LogP contribution in [0.4, 0.5) is 0 Å². The average Bonchev–Trinajstić information content (AvgIpc) is 2.75. The zero-order valence-corrected chi connectivity index (χ0v) is 12.2. The number of hydrogen-bond donors (Lipinski definition) is 2. The molecule has 0 bridgehead atoms. The summed E-state index contributed by atoms with van der Waals surface area (Å²) in [6.07, 6.45) is 2.38. The molecule has 1 aromatic carbocycles. The van der Waals surface area contributed by atoms with Crippen molar-refractivity contribution in [2.45, 2.75) is 25.4 Å². The number of aliphatic hydroxyl groups is 1. The molecule has 1 aliphatic carbocycles. The molecule has 1 aliphatic rings. The van der Waals surface area contributed by atoms with Gasteiger partial charge in [0.2, 0.25) is 0 Å². The van der Waals surface area contributed by atoms with Crippen molar-refractivity contribution in [2.75, 3.05) is 6.54 Å². The van der Waals surface area contributed by atoms with Gasteiger partial charge >= 0.3 is 0 Å². The monoisotopic (exact) mass is 331 g/mol. The minimum atomic E-state index is -0.204. The molecule has 1 amide bonds. The van der Waals surface area contributed by atoms with Gasteiger partial charge in [-0.05, 0) is 59.3 Å². The van der Waals surface area contributed by atoms with E-state index in [1.165, 1.54) is 0 Å². The molecule has 0 heterocycles. The van der Waals surface area contributed by atoms with Crippen LogP contribution in [-0.2, 0) is 0 Å². The van der Waals surface area contributed by atoms with E-state index in [1.807, 2.05) is 0 Å². The largest absolute Gasteiger partial charge is 0.393 e. The number of benzene rings is 1. The standard InChI is InChI=1S/C13H15BrClNO2/c14-12-4-2-9(15)6-11(12)13(18)16-7-8-1-3-10(17)5-8/h2,4,6,8,10,17H,1,3,5,7H2,(H,16,18). The Balaban J connectivity index is 1.93. The Morgan fingerprint density at radius 1 is 1.50 bits per heavy atom. The van der Waals surface area contributed by atoms with Gasteiger partial charge in [0.1, 0.15) is 0 Å². The van der Waals surface area contributed by atoms with Crippen LogP contribution in [0.25, 0.3) is 0 Å². The molecule has 0 spiro atoms. The molecule has 2 N–H and O–H groups in total. The highest BCUT2D eigenvalue weighted by molar-refractivity contribution is 9.10. The maximum Gasteiger partial charge on any atom is 0.252 e. The van der Waals surface area contributed by atoms with E-state index in [9.17, 15) is 9.90 Å². The smallest absolute Gasteiger partial charge is 0.252 e. The molecule has 5 heteroatoms. The molecule has 0 radical (unpaired) electrons. The summed E-state index contributed by atoms with van der Waals surface area (Å²) in [5.41, 5.74) is 0.543. The first kappa shape index (κ1) is 13.8. The summed E-state index contributed by atoms with van der Waals surface area (Å²) in [4.78, 5) is 12.0. The number of carbonyl (C=O) groups excluding carboxylic acids is 1. The minimum Gasteiger partial charge on any atom is -0.393 e. The number of amides is 1. The molecule has 1 aromatic rings. The molecule has 2 rings (SSSR count). The van der Waals surface area contributed by atoms with Crippen molar-refractivity contribution in [1.29, 1.82) is 0 Å². The van der Waals surface area contributed by atoms with Crippen LogP contribution < -0.4 is 5.32 Å². The lowest BCUT2D eigenvalue weighted by Crippen LogP contribution is -2.28. The van der Waals surface area contributed by atoms with Crippen LogP contribution in [0, 0.1) is 5.92 Å². The first-order chi connectivity index (χ1) is 8.56. The quantitative estimate of drug-likeness (QED) is 0.894. The van der Waals surface area contributed by atoms with E-state index in [4.69, 9.17) is 11.6 Å². The summed E-state index contributed by atoms with van der Waals surface area (Å²) in [5.74, 6) is 0.243. The molecule has 0 saturated heterocycles. The first-order valence-corrected chi connectivity index (χ1v) is 7.14. The Kier molecular flexibility index (Phi) is 4.65. The van der Waals surface area contributed by atoms with E-state index in [1.54, 1.807) is 18.2 Å². The highest BCUT2D eigenvalue weighted by Gasteiger charge is 2.23.